The fraction of sp³-hybridized carbons (Fsp3) is 0.455. The summed E-state index contributed by atoms with van der Waals surface area (Å²) in [5.41, 5.74) is 1.77. The predicted molar refractivity (Wildman–Crippen MR) is 108 cm³/mol. The molecule has 0 aliphatic heterocycles. The molecule has 1 heterocycles. The highest BCUT2D eigenvalue weighted by Crippen LogP contribution is 2.11. The molecule has 1 aromatic carbocycles. The lowest BCUT2D eigenvalue weighted by atomic mass is 10.2. The molecule has 0 bridgehead atoms. The lowest BCUT2D eigenvalue weighted by Crippen LogP contribution is -3.12. The van der Waals surface area contributed by atoms with Crippen LogP contribution >= 0.6 is 0 Å². The molecule has 0 saturated carbocycles. The summed E-state index contributed by atoms with van der Waals surface area (Å²) in [5, 5.41) is 10.3. The van der Waals surface area contributed by atoms with Crippen LogP contribution in [0.4, 0.5) is 4.39 Å². The molecule has 2 atom stereocenters. The summed E-state index contributed by atoms with van der Waals surface area (Å²) in [7, 11) is 1.69. The fourth-order valence-electron chi connectivity index (χ4n) is 3.24. The van der Waals surface area contributed by atoms with Crippen molar-refractivity contribution in [3.05, 3.63) is 72.3 Å². The number of aliphatic hydroxyl groups is 1. The van der Waals surface area contributed by atoms with Crippen LogP contribution in [-0.4, -0.2) is 55.8 Å². The fourth-order valence-corrected chi connectivity index (χ4v) is 3.24. The van der Waals surface area contributed by atoms with Crippen LogP contribution in [-0.2, 0) is 22.6 Å². The van der Waals surface area contributed by atoms with Crippen molar-refractivity contribution in [1.29, 1.82) is 0 Å². The monoisotopic (exact) mass is 391 g/mol. The molecule has 154 valence electrons. The van der Waals surface area contributed by atoms with Gasteiger partial charge in [-0.1, -0.05) is 24.3 Å². The van der Waals surface area contributed by atoms with E-state index in [9.17, 15) is 9.50 Å². The molecule has 28 heavy (non-hydrogen) atoms. The summed E-state index contributed by atoms with van der Waals surface area (Å²) in [6.07, 6.45) is 4.00. The van der Waals surface area contributed by atoms with E-state index in [1.807, 2.05) is 24.4 Å². The van der Waals surface area contributed by atoms with Gasteiger partial charge >= 0.3 is 0 Å². The van der Waals surface area contributed by atoms with Crippen LogP contribution in [0.2, 0.25) is 0 Å². The number of nitrogens with one attached hydrogen (secondary N) is 1. The SMILES string of the molecule is C=CCOC[C@H](O)C[NH+](CCCOC)Cc1cccn1Cc1ccccc1F. The first-order chi connectivity index (χ1) is 13.6. The molecule has 2 rings (SSSR count). The summed E-state index contributed by atoms with van der Waals surface area (Å²) < 4.78 is 26.6. The van der Waals surface area contributed by atoms with E-state index in [-0.39, 0.29) is 12.4 Å². The van der Waals surface area contributed by atoms with Gasteiger partial charge < -0.3 is 24.0 Å². The van der Waals surface area contributed by atoms with Crippen molar-refractivity contribution in [2.75, 3.05) is 40.0 Å². The number of ether oxygens (including phenoxy) is 2. The number of hydrogen-bond donors (Lipinski definition) is 2. The lowest BCUT2D eigenvalue weighted by Gasteiger charge is -2.23. The van der Waals surface area contributed by atoms with Gasteiger partial charge in [-0.25, -0.2) is 4.39 Å². The highest BCUT2D eigenvalue weighted by atomic mass is 19.1. The standard InChI is InChI=1S/C22H31FN2O3/c1-3-13-28-18-21(26)17-24(11-7-14-27-2)16-20-9-6-12-25(20)15-19-8-4-5-10-22(19)23/h3-6,8-10,12,21,26H,1,7,11,13-18H2,2H3/p+1/t21-/m1/s1. The Hall–Kier alpha value is -1.99. The van der Waals surface area contributed by atoms with Crippen molar-refractivity contribution < 1.29 is 23.9 Å². The first-order valence-electron chi connectivity index (χ1n) is 9.70. The van der Waals surface area contributed by atoms with Crippen LogP contribution in [0.25, 0.3) is 0 Å². The molecule has 0 aliphatic rings. The van der Waals surface area contributed by atoms with Gasteiger partial charge in [0.2, 0.25) is 0 Å². The number of quaternary nitrogens is 1. The third-order valence-corrected chi connectivity index (χ3v) is 4.60. The maximum Gasteiger partial charge on any atom is 0.128 e. The van der Waals surface area contributed by atoms with Crippen LogP contribution in [0, 0.1) is 5.82 Å². The molecule has 0 saturated heterocycles. The molecule has 5 nitrogen and oxygen atoms in total. The Balaban J connectivity index is 2.01. The van der Waals surface area contributed by atoms with E-state index in [0.29, 0.717) is 31.9 Å². The lowest BCUT2D eigenvalue weighted by molar-refractivity contribution is -0.917. The Labute approximate surface area is 167 Å². The van der Waals surface area contributed by atoms with E-state index < -0.39 is 6.10 Å². The molecular formula is C22H32FN2O3+. The zero-order chi connectivity index (χ0) is 20.2. The largest absolute Gasteiger partial charge is 0.385 e. The number of aliphatic hydroxyl groups excluding tert-OH is 1. The van der Waals surface area contributed by atoms with Crippen molar-refractivity contribution in [1.82, 2.24) is 4.57 Å². The van der Waals surface area contributed by atoms with Crippen LogP contribution in [0.15, 0.2) is 55.3 Å². The smallest absolute Gasteiger partial charge is 0.128 e. The molecular weight excluding hydrogens is 359 g/mol. The van der Waals surface area contributed by atoms with Crippen LogP contribution in [0.3, 0.4) is 0 Å². The number of benzene rings is 1. The zero-order valence-corrected chi connectivity index (χ0v) is 16.6. The highest BCUT2D eigenvalue weighted by molar-refractivity contribution is 5.19. The van der Waals surface area contributed by atoms with Gasteiger partial charge in [-0.15, -0.1) is 6.58 Å². The summed E-state index contributed by atoms with van der Waals surface area (Å²) >= 11 is 0. The number of halogens is 1. The molecule has 1 unspecified atom stereocenters. The molecule has 0 spiro atoms. The third-order valence-electron chi connectivity index (χ3n) is 4.60. The van der Waals surface area contributed by atoms with Gasteiger partial charge in [0.25, 0.3) is 0 Å². The summed E-state index contributed by atoms with van der Waals surface area (Å²) in [6, 6.07) is 10.9. The molecule has 0 amide bonds. The van der Waals surface area contributed by atoms with E-state index in [4.69, 9.17) is 9.47 Å². The zero-order valence-electron chi connectivity index (χ0n) is 16.6. The van der Waals surface area contributed by atoms with Gasteiger partial charge in [0.1, 0.15) is 25.0 Å². The Kier molecular flexibility index (Phi) is 9.93. The average molecular weight is 392 g/mol. The predicted octanol–water partition coefficient (Wildman–Crippen LogP) is 1.66. The maximum absolute atomic E-state index is 14.0. The Morgan fingerprint density at radius 1 is 1.29 bits per heavy atom. The van der Waals surface area contributed by atoms with Crippen molar-refractivity contribution in [3.8, 4) is 0 Å². The normalized spacial score (nSPS) is 13.4. The summed E-state index contributed by atoms with van der Waals surface area (Å²) in [5.74, 6) is -0.193. The van der Waals surface area contributed by atoms with Gasteiger partial charge in [-0.05, 0) is 18.2 Å². The third kappa shape index (κ3) is 7.56. The van der Waals surface area contributed by atoms with Crippen molar-refractivity contribution >= 4 is 0 Å². The molecule has 6 heteroatoms. The molecule has 0 aliphatic carbocycles. The second-order valence-electron chi connectivity index (χ2n) is 6.93. The highest BCUT2D eigenvalue weighted by Gasteiger charge is 2.18. The average Bonchev–Trinajstić information content (AvgIpc) is 3.10. The Morgan fingerprint density at radius 2 is 2.11 bits per heavy atom. The van der Waals surface area contributed by atoms with Gasteiger partial charge in [-0.3, -0.25) is 0 Å². The maximum atomic E-state index is 14.0. The van der Waals surface area contributed by atoms with E-state index in [1.54, 1.807) is 19.3 Å². The summed E-state index contributed by atoms with van der Waals surface area (Å²) in [4.78, 5) is 1.24. The number of rotatable bonds is 14. The van der Waals surface area contributed by atoms with Gasteiger partial charge in [0.15, 0.2) is 0 Å². The minimum Gasteiger partial charge on any atom is -0.385 e. The number of nitrogens with zero attached hydrogens (tertiary/aromatic N) is 1. The van der Waals surface area contributed by atoms with Crippen LogP contribution in [0.1, 0.15) is 17.7 Å². The second-order valence-corrected chi connectivity index (χ2v) is 6.93. The topological polar surface area (TPSA) is 48.1 Å². The quantitative estimate of drug-likeness (QED) is 0.380. The van der Waals surface area contributed by atoms with Crippen molar-refractivity contribution in [3.63, 3.8) is 0 Å². The second kappa shape index (κ2) is 12.5. The van der Waals surface area contributed by atoms with Gasteiger partial charge in [0, 0.05) is 25.3 Å². The van der Waals surface area contributed by atoms with Crippen molar-refractivity contribution in [2.45, 2.75) is 25.6 Å². The summed E-state index contributed by atoms with van der Waals surface area (Å²) in [6.45, 7) is 7.70. The van der Waals surface area contributed by atoms with Gasteiger partial charge in [-0.2, -0.15) is 0 Å². The number of aromatic nitrogens is 1. The number of hydrogen-bond acceptors (Lipinski definition) is 3. The molecule has 0 radical (unpaired) electrons. The van der Waals surface area contributed by atoms with E-state index in [2.05, 4.69) is 17.2 Å². The minimum absolute atomic E-state index is 0.193. The van der Waals surface area contributed by atoms with Gasteiger partial charge in [0.05, 0.1) is 38.6 Å². The Morgan fingerprint density at radius 3 is 2.86 bits per heavy atom. The van der Waals surface area contributed by atoms with E-state index in [0.717, 1.165) is 25.2 Å². The minimum atomic E-state index is -0.549. The first kappa shape index (κ1) is 22.3. The molecule has 2 aromatic rings. The molecule has 2 N–H and O–H groups in total. The van der Waals surface area contributed by atoms with E-state index in [1.165, 1.54) is 11.0 Å². The molecule has 0 fully saturated rings. The first-order valence-corrected chi connectivity index (χ1v) is 9.70. The van der Waals surface area contributed by atoms with Crippen LogP contribution < -0.4 is 4.90 Å². The van der Waals surface area contributed by atoms with Crippen molar-refractivity contribution in [2.24, 2.45) is 0 Å². The van der Waals surface area contributed by atoms with E-state index >= 15 is 0 Å². The Bertz CT molecular complexity index is 705. The van der Waals surface area contributed by atoms with Crippen LogP contribution in [0.5, 0.6) is 0 Å². The number of methoxy groups -OCH3 is 1. The molecule has 1 aromatic heterocycles.